The first-order valence-corrected chi connectivity index (χ1v) is 11.3. The molecular weight excluding hydrogens is 456 g/mol. The van der Waals surface area contributed by atoms with Gasteiger partial charge in [-0.2, -0.15) is 0 Å². The molecule has 7 nitrogen and oxygen atoms in total. The van der Waals surface area contributed by atoms with E-state index in [4.69, 9.17) is 25.8 Å². The topological polar surface area (TPSA) is 82.0 Å². The molecule has 0 aliphatic rings. The molecule has 34 heavy (non-hydrogen) atoms. The summed E-state index contributed by atoms with van der Waals surface area (Å²) in [7, 11) is 4.76. The SMILES string of the molecule is COc1ccc(CCNCc2c(C(=O)O)c(C)n(Cc3ccc(Cl)cc3)c2C)c(OC)c1OC. The third-order valence-corrected chi connectivity index (χ3v) is 6.29. The minimum Gasteiger partial charge on any atom is -0.493 e. The Morgan fingerprint density at radius 2 is 1.65 bits per heavy atom. The van der Waals surface area contributed by atoms with Crippen LogP contribution in [0.1, 0.15) is 38.4 Å². The Hall–Kier alpha value is -3.16. The second kappa shape index (κ2) is 11.3. The monoisotopic (exact) mass is 486 g/mol. The van der Waals surface area contributed by atoms with Crippen LogP contribution in [0.3, 0.4) is 0 Å². The first-order chi connectivity index (χ1) is 16.3. The van der Waals surface area contributed by atoms with Crippen molar-refractivity contribution in [3.05, 3.63) is 75.1 Å². The average Bonchev–Trinajstić information content (AvgIpc) is 3.06. The Balaban J connectivity index is 1.76. The highest BCUT2D eigenvalue weighted by Gasteiger charge is 2.22. The summed E-state index contributed by atoms with van der Waals surface area (Å²) in [5.74, 6) is 0.876. The highest BCUT2D eigenvalue weighted by atomic mass is 35.5. The van der Waals surface area contributed by atoms with Crippen LogP contribution in [0, 0.1) is 13.8 Å². The van der Waals surface area contributed by atoms with E-state index < -0.39 is 5.97 Å². The van der Waals surface area contributed by atoms with E-state index in [2.05, 4.69) is 5.32 Å². The molecule has 1 heterocycles. The maximum atomic E-state index is 12.1. The van der Waals surface area contributed by atoms with Crippen LogP contribution in [0.5, 0.6) is 17.2 Å². The Labute approximate surface area is 205 Å². The number of carbonyl (C=O) groups is 1. The fourth-order valence-electron chi connectivity index (χ4n) is 4.25. The van der Waals surface area contributed by atoms with Crippen molar-refractivity contribution in [2.75, 3.05) is 27.9 Å². The molecule has 0 atom stereocenters. The van der Waals surface area contributed by atoms with Gasteiger partial charge in [0, 0.05) is 35.1 Å². The number of carboxylic acid groups (broad SMARTS) is 1. The normalized spacial score (nSPS) is 10.9. The maximum absolute atomic E-state index is 12.1. The summed E-state index contributed by atoms with van der Waals surface area (Å²) in [6.45, 7) is 5.47. The molecule has 182 valence electrons. The minimum absolute atomic E-state index is 0.350. The number of aromatic carboxylic acids is 1. The highest BCUT2D eigenvalue weighted by Crippen LogP contribution is 2.39. The molecule has 0 saturated carbocycles. The van der Waals surface area contributed by atoms with E-state index in [0.29, 0.717) is 53.9 Å². The summed E-state index contributed by atoms with van der Waals surface area (Å²) in [6.07, 6.45) is 0.676. The Morgan fingerprint density at radius 3 is 2.24 bits per heavy atom. The first kappa shape index (κ1) is 25.5. The number of benzene rings is 2. The lowest BCUT2D eigenvalue weighted by Gasteiger charge is -2.16. The summed E-state index contributed by atoms with van der Waals surface area (Å²) < 4.78 is 18.4. The lowest BCUT2D eigenvalue weighted by atomic mass is 10.1. The summed E-state index contributed by atoms with van der Waals surface area (Å²) in [5.41, 5.74) is 4.84. The largest absolute Gasteiger partial charge is 0.493 e. The molecule has 0 saturated heterocycles. The third kappa shape index (κ3) is 5.32. The number of ether oxygens (including phenoxy) is 3. The summed E-state index contributed by atoms with van der Waals surface area (Å²) >= 11 is 6.00. The number of carboxylic acids is 1. The zero-order valence-electron chi connectivity index (χ0n) is 20.2. The lowest BCUT2D eigenvalue weighted by molar-refractivity contribution is 0.0694. The number of nitrogens with one attached hydrogen (secondary N) is 1. The second-order valence-electron chi connectivity index (χ2n) is 7.96. The van der Waals surface area contributed by atoms with Crippen molar-refractivity contribution in [1.29, 1.82) is 0 Å². The van der Waals surface area contributed by atoms with Crippen LogP contribution in [0.2, 0.25) is 5.02 Å². The van der Waals surface area contributed by atoms with Crippen LogP contribution in [0.25, 0.3) is 0 Å². The molecule has 2 N–H and O–H groups in total. The van der Waals surface area contributed by atoms with E-state index in [0.717, 1.165) is 28.1 Å². The van der Waals surface area contributed by atoms with Gasteiger partial charge in [0.05, 0.1) is 26.9 Å². The molecule has 0 spiro atoms. The van der Waals surface area contributed by atoms with Gasteiger partial charge in [-0.1, -0.05) is 29.8 Å². The number of aromatic nitrogens is 1. The van der Waals surface area contributed by atoms with Crippen LogP contribution in [-0.2, 0) is 19.5 Å². The van der Waals surface area contributed by atoms with Crippen molar-refractivity contribution in [3.8, 4) is 17.2 Å². The first-order valence-electron chi connectivity index (χ1n) is 11.0. The minimum atomic E-state index is -0.922. The van der Waals surface area contributed by atoms with Crippen molar-refractivity contribution in [2.24, 2.45) is 0 Å². The molecule has 0 fully saturated rings. The van der Waals surface area contributed by atoms with E-state index in [1.807, 2.05) is 54.8 Å². The van der Waals surface area contributed by atoms with Gasteiger partial charge in [-0.3, -0.25) is 0 Å². The predicted molar refractivity (Wildman–Crippen MR) is 133 cm³/mol. The van der Waals surface area contributed by atoms with E-state index in [1.54, 1.807) is 21.3 Å². The standard InChI is InChI=1S/C26H31ClN2O5/c1-16-21(14-28-13-12-19-8-11-22(32-3)25(34-5)24(19)33-4)23(26(30)31)17(2)29(16)15-18-6-9-20(27)10-7-18/h6-11,28H,12-15H2,1-5H3,(H,30,31). The van der Waals surface area contributed by atoms with Crippen LogP contribution in [0.4, 0.5) is 0 Å². The number of hydrogen-bond donors (Lipinski definition) is 2. The fourth-order valence-corrected chi connectivity index (χ4v) is 4.38. The molecule has 0 aliphatic heterocycles. The van der Waals surface area contributed by atoms with E-state index >= 15 is 0 Å². The smallest absolute Gasteiger partial charge is 0.337 e. The predicted octanol–water partition coefficient (Wildman–Crippen LogP) is 4.86. The summed E-state index contributed by atoms with van der Waals surface area (Å²) in [4.78, 5) is 12.1. The summed E-state index contributed by atoms with van der Waals surface area (Å²) in [5, 5.41) is 14.0. The molecule has 2 aromatic carbocycles. The average molecular weight is 487 g/mol. The Bertz CT molecular complexity index is 1160. The Morgan fingerprint density at radius 1 is 0.971 bits per heavy atom. The maximum Gasteiger partial charge on any atom is 0.337 e. The van der Waals surface area contributed by atoms with Crippen molar-refractivity contribution < 1.29 is 24.1 Å². The highest BCUT2D eigenvalue weighted by molar-refractivity contribution is 6.30. The van der Waals surface area contributed by atoms with Crippen molar-refractivity contribution in [1.82, 2.24) is 9.88 Å². The molecule has 0 radical (unpaired) electrons. The van der Waals surface area contributed by atoms with Gasteiger partial charge in [0.25, 0.3) is 0 Å². The van der Waals surface area contributed by atoms with Crippen molar-refractivity contribution in [3.63, 3.8) is 0 Å². The zero-order chi connectivity index (χ0) is 24.8. The van der Waals surface area contributed by atoms with Gasteiger partial charge in [0.15, 0.2) is 11.5 Å². The molecular formula is C26H31ClN2O5. The summed E-state index contributed by atoms with van der Waals surface area (Å²) in [6, 6.07) is 11.4. The molecule has 3 aromatic rings. The lowest BCUT2D eigenvalue weighted by Crippen LogP contribution is -2.19. The van der Waals surface area contributed by atoms with Gasteiger partial charge >= 0.3 is 5.97 Å². The molecule has 1 aromatic heterocycles. The molecule has 0 aliphatic carbocycles. The van der Waals surface area contributed by atoms with E-state index in [1.165, 1.54) is 0 Å². The number of methoxy groups -OCH3 is 3. The number of rotatable bonds is 11. The van der Waals surface area contributed by atoms with Crippen LogP contribution < -0.4 is 19.5 Å². The third-order valence-electron chi connectivity index (χ3n) is 6.04. The van der Waals surface area contributed by atoms with Gasteiger partial charge in [0.2, 0.25) is 5.75 Å². The van der Waals surface area contributed by atoms with Gasteiger partial charge in [-0.15, -0.1) is 0 Å². The van der Waals surface area contributed by atoms with Crippen molar-refractivity contribution in [2.45, 2.75) is 33.4 Å². The number of nitrogens with zero attached hydrogens (tertiary/aromatic N) is 1. The number of hydrogen-bond acceptors (Lipinski definition) is 5. The van der Waals surface area contributed by atoms with Crippen LogP contribution in [0.15, 0.2) is 36.4 Å². The van der Waals surface area contributed by atoms with Crippen LogP contribution in [-0.4, -0.2) is 43.5 Å². The van der Waals surface area contributed by atoms with Crippen LogP contribution >= 0.6 is 11.6 Å². The second-order valence-corrected chi connectivity index (χ2v) is 8.40. The number of halogens is 1. The molecule has 0 amide bonds. The van der Waals surface area contributed by atoms with Gasteiger partial charge in [0.1, 0.15) is 0 Å². The van der Waals surface area contributed by atoms with Gasteiger partial charge < -0.3 is 29.2 Å². The van der Waals surface area contributed by atoms with Gasteiger partial charge in [-0.25, -0.2) is 4.79 Å². The van der Waals surface area contributed by atoms with Gasteiger partial charge in [-0.05, 0) is 56.1 Å². The molecule has 8 heteroatoms. The Kier molecular flexibility index (Phi) is 8.47. The van der Waals surface area contributed by atoms with E-state index in [-0.39, 0.29) is 0 Å². The molecule has 3 rings (SSSR count). The van der Waals surface area contributed by atoms with Crippen molar-refractivity contribution >= 4 is 17.6 Å². The van der Waals surface area contributed by atoms with E-state index in [9.17, 15) is 9.90 Å². The quantitative estimate of drug-likeness (QED) is 0.376. The molecule has 0 unspecified atom stereocenters. The molecule has 0 bridgehead atoms. The fraction of sp³-hybridized carbons (Fsp3) is 0.346. The zero-order valence-corrected chi connectivity index (χ0v) is 21.0.